The molecule has 1 unspecified atom stereocenters. The van der Waals surface area contributed by atoms with Gasteiger partial charge in [-0.25, -0.2) is 4.39 Å². The number of benzene rings is 5. The molecule has 0 saturated heterocycles. The molecule has 0 bridgehead atoms. The molecular formula is C38H32FN3O4S. The summed E-state index contributed by atoms with van der Waals surface area (Å²) in [6, 6.07) is 38.0. The number of carbonyl (C=O) groups is 3. The summed E-state index contributed by atoms with van der Waals surface area (Å²) in [6.07, 6.45) is 1.59. The van der Waals surface area contributed by atoms with Crippen molar-refractivity contribution in [2.45, 2.75) is 17.1 Å². The van der Waals surface area contributed by atoms with Crippen LogP contribution in [-0.2, 0) is 9.59 Å². The van der Waals surface area contributed by atoms with E-state index in [2.05, 4.69) is 16.0 Å². The monoisotopic (exact) mass is 645 g/mol. The SMILES string of the molecule is CCOc1ccc(/C=C(\NC(=O)c2ccccc2)C(=O)Nc2ccc(SC(C(=O)Nc3ccccc3F)c3ccccc3)cc2)cc1. The highest BCUT2D eigenvalue weighted by Crippen LogP contribution is 2.37. The van der Waals surface area contributed by atoms with Crippen LogP contribution >= 0.6 is 11.8 Å². The summed E-state index contributed by atoms with van der Waals surface area (Å²) in [5.74, 6) is -1.14. The molecule has 47 heavy (non-hydrogen) atoms. The van der Waals surface area contributed by atoms with Crippen molar-refractivity contribution in [1.29, 1.82) is 0 Å². The molecule has 3 amide bonds. The van der Waals surface area contributed by atoms with E-state index in [-0.39, 0.29) is 17.3 Å². The van der Waals surface area contributed by atoms with Gasteiger partial charge in [0.05, 0.1) is 12.3 Å². The highest BCUT2D eigenvalue weighted by Gasteiger charge is 2.23. The first-order valence-electron chi connectivity index (χ1n) is 14.9. The summed E-state index contributed by atoms with van der Waals surface area (Å²) in [7, 11) is 0. The molecule has 5 aromatic rings. The number of anilines is 2. The Balaban J connectivity index is 1.33. The number of hydrogen-bond acceptors (Lipinski definition) is 5. The van der Waals surface area contributed by atoms with E-state index < -0.39 is 22.9 Å². The maximum Gasteiger partial charge on any atom is 0.272 e. The zero-order chi connectivity index (χ0) is 33.0. The number of halogens is 1. The van der Waals surface area contributed by atoms with Crippen LogP contribution in [0.1, 0.15) is 33.7 Å². The van der Waals surface area contributed by atoms with E-state index >= 15 is 0 Å². The molecule has 0 aliphatic rings. The zero-order valence-electron chi connectivity index (χ0n) is 25.5. The van der Waals surface area contributed by atoms with Crippen LogP contribution in [0.5, 0.6) is 5.75 Å². The Bertz CT molecular complexity index is 1850. The van der Waals surface area contributed by atoms with Crippen LogP contribution in [0.2, 0.25) is 0 Å². The molecule has 9 heteroatoms. The van der Waals surface area contributed by atoms with Crippen molar-refractivity contribution < 1.29 is 23.5 Å². The van der Waals surface area contributed by atoms with Gasteiger partial charge in [0.2, 0.25) is 5.91 Å². The lowest BCUT2D eigenvalue weighted by Gasteiger charge is -2.18. The van der Waals surface area contributed by atoms with Crippen LogP contribution in [-0.4, -0.2) is 24.3 Å². The number of para-hydroxylation sites is 1. The molecule has 7 nitrogen and oxygen atoms in total. The number of ether oxygens (including phenoxy) is 1. The van der Waals surface area contributed by atoms with Gasteiger partial charge in [0.15, 0.2) is 0 Å². The van der Waals surface area contributed by atoms with E-state index in [1.54, 1.807) is 97.1 Å². The second-order valence-electron chi connectivity index (χ2n) is 10.2. The van der Waals surface area contributed by atoms with E-state index in [1.165, 1.54) is 23.9 Å². The first-order chi connectivity index (χ1) is 22.9. The summed E-state index contributed by atoms with van der Waals surface area (Å²) in [4.78, 5) is 40.6. The van der Waals surface area contributed by atoms with Gasteiger partial charge < -0.3 is 20.7 Å². The predicted octanol–water partition coefficient (Wildman–Crippen LogP) is 8.11. The van der Waals surface area contributed by atoms with Gasteiger partial charge in [0, 0.05) is 16.1 Å². The number of nitrogens with one attached hydrogen (secondary N) is 3. The summed E-state index contributed by atoms with van der Waals surface area (Å²) >= 11 is 1.30. The van der Waals surface area contributed by atoms with E-state index in [1.807, 2.05) is 37.3 Å². The van der Waals surface area contributed by atoms with Crippen LogP contribution in [0, 0.1) is 5.82 Å². The zero-order valence-corrected chi connectivity index (χ0v) is 26.3. The highest BCUT2D eigenvalue weighted by molar-refractivity contribution is 8.00. The molecule has 0 aromatic heterocycles. The molecule has 1 atom stereocenters. The van der Waals surface area contributed by atoms with E-state index in [9.17, 15) is 18.8 Å². The lowest BCUT2D eigenvalue weighted by Crippen LogP contribution is -2.30. The molecule has 0 aliphatic heterocycles. The van der Waals surface area contributed by atoms with Crippen molar-refractivity contribution in [2.75, 3.05) is 17.2 Å². The molecule has 3 N–H and O–H groups in total. The molecule has 0 aliphatic carbocycles. The summed E-state index contributed by atoms with van der Waals surface area (Å²) in [5, 5.41) is 7.61. The summed E-state index contributed by atoms with van der Waals surface area (Å²) < 4.78 is 19.8. The summed E-state index contributed by atoms with van der Waals surface area (Å²) in [5.41, 5.74) is 2.49. The second-order valence-corrected chi connectivity index (χ2v) is 11.4. The molecule has 0 fully saturated rings. The second kappa shape index (κ2) is 16.1. The third-order valence-electron chi connectivity index (χ3n) is 6.87. The smallest absolute Gasteiger partial charge is 0.272 e. The molecule has 0 saturated carbocycles. The van der Waals surface area contributed by atoms with Crippen LogP contribution in [0.4, 0.5) is 15.8 Å². The Morgan fingerprint density at radius 1 is 0.766 bits per heavy atom. The van der Waals surface area contributed by atoms with Crippen molar-refractivity contribution in [3.63, 3.8) is 0 Å². The minimum absolute atomic E-state index is 0.0513. The van der Waals surface area contributed by atoms with Crippen molar-refractivity contribution in [3.05, 3.63) is 162 Å². The lowest BCUT2D eigenvalue weighted by molar-refractivity contribution is -0.116. The van der Waals surface area contributed by atoms with Crippen LogP contribution < -0.4 is 20.7 Å². The number of hydrogen-bond donors (Lipinski definition) is 3. The Morgan fingerprint density at radius 2 is 1.40 bits per heavy atom. The Labute approximate surface area is 276 Å². The van der Waals surface area contributed by atoms with Crippen molar-refractivity contribution in [3.8, 4) is 5.75 Å². The van der Waals surface area contributed by atoms with E-state index in [0.717, 1.165) is 10.5 Å². The molecule has 5 rings (SSSR count). The van der Waals surface area contributed by atoms with Crippen molar-refractivity contribution in [1.82, 2.24) is 5.32 Å². The molecular weight excluding hydrogens is 614 g/mol. The number of amides is 3. The third-order valence-corrected chi connectivity index (χ3v) is 8.14. The van der Waals surface area contributed by atoms with Crippen LogP contribution in [0.15, 0.2) is 144 Å². The number of rotatable bonds is 12. The molecule has 5 aromatic carbocycles. The van der Waals surface area contributed by atoms with E-state index in [0.29, 0.717) is 29.2 Å². The molecule has 0 spiro atoms. The number of thioether (sulfide) groups is 1. The molecule has 236 valence electrons. The Kier molecular flexibility index (Phi) is 11.2. The summed E-state index contributed by atoms with van der Waals surface area (Å²) in [6.45, 7) is 2.42. The standard InChI is InChI=1S/C38H32FN3O4S/c1-2-46-30-21-17-26(18-22-30)25-34(42-36(43)28-13-7-4-8-14-28)37(44)40-29-19-23-31(24-20-29)47-35(27-11-5-3-6-12-27)38(45)41-33-16-10-9-15-32(33)39/h3-25,35H,2H2,1H3,(H,40,44)(H,41,45)(H,42,43)/b34-25-. The van der Waals surface area contributed by atoms with Gasteiger partial charge in [0.25, 0.3) is 11.8 Å². The normalized spacial score (nSPS) is 11.7. The molecule has 0 heterocycles. The highest BCUT2D eigenvalue weighted by atomic mass is 32.2. The number of carbonyl (C=O) groups excluding carboxylic acids is 3. The van der Waals surface area contributed by atoms with Gasteiger partial charge in [-0.1, -0.05) is 72.8 Å². The van der Waals surface area contributed by atoms with Gasteiger partial charge in [-0.05, 0) is 84.8 Å². The van der Waals surface area contributed by atoms with E-state index in [4.69, 9.17) is 4.74 Å². The average Bonchev–Trinajstić information content (AvgIpc) is 3.10. The van der Waals surface area contributed by atoms with Gasteiger partial charge in [-0.2, -0.15) is 0 Å². The first-order valence-corrected chi connectivity index (χ1v) is 15.8. The fourth-order valence-corrected chi connectivity index (χ4v) is 5.57. The fraction of sp³-hybridized carbons (Fsp3) is 0.0789. The maximum absolute atomic E-state index is 14.3. The maximum atomic E-state index is 14.3. The van der Waals surface area contributed by atoms with Crippen molar-refractivity contribution in [2.24, 2.45) is 0 Å². The first kappa shape index (κ1) is 32.7. The van der Waals surface area contributed by atoms with Crippen LogP contribution in [0.3, 0.4) is 0 Å². The van der Waals surface area contributed by atoms with Crippen LogP contribution in [0.25, 0.3) is 6.08 Å². The van der Waals surface area contributed by atoms with Gasteiger partial charge >= 0.3 is 0 Å². The van der Waals surface area contributed by atoms with Gasteiger partial charge in [-0.15, -0.1) is 11.8 Å². The average molecular weight is 646 g/mol. The van der Waals surface area contributed by atoms with Gasteiger partial charge in [0.1, 0.15) is 22.5 Å². The third kappa shape index (κ3) is 9.18. The molecule has 0 radical (unpaired) electrons. The van der Waals surface area contributed by atoms with Gasteiger partial charge in [-0.3, -0.25) is 14.4 Å². The topological polar surface area (TPSA) is 96.5 Å². The van der Waals surface area contributed by atoms with Crippen molar-refractivity contribution >= 4 is 46.9 Å². The predicted molar refractivity (Wildman–Crippen MR) is 185 cm³/mol. The minimum atomic E-state index is -0.673. The lowest BCUT2D eigenvalue weighted by atomic mass is 10.1. The fourth-order valence-electron chi connectivity index (χ4n) is 4.55. The minimum Gasteiger partial charge on any atom is -0.494 e. The Hall–Kier alpha value is -5.67. The Morgan fingerprint density at radius 3 is 2.06 bits per heavy atom. The largest absolute Gasteiger partial charge is 0.494 e. The quantitative estimate of drug-likeness (QED) is 0.0941.